The van der Waals surface area contributed by atoms with Gasteiger partial charge in [-0.15, -0.1) is 0 Å². The van der Waals surface area contributed by atoms with Crippen LogP contribution in [0.4, 0.5) is 0 Å². The lowest BCUT2D eigenvalue weighted by molar-refractivity contribution is -0.696. The third kappa shape index (κ3) is 7.98. The average Bonchev–Trinajstić information content (AvgIpc) is 2.83. The highest BCUT2D eigenvalue weighted by Gasteiger charge is 2.13. The first kappa shape index (κ1) is 24.9. The van der Waals surface area contributed by atoms with Gasteiger partial charge in [-0.25, -0.2) is 4.57 Å². The number of rotatable bonds is 11. The molecule has 8 heteroatoms. The lowest BCUT2D eigenvalue weighted by atomic mass is 10.1. The standard InChI is InChI=1S/C25H25Br2N3O3/c26-21-16-20(10-14-30-12-5-2-6-13-30)17-22(27)24(21)33-15-7-11-28-25(31)23(29-32)18-19-8-3-1-4-9-19/h1-6,8-9,12-13,16-17H,7,10-11,14-15,18H2,(H-,28,31,32)/p+1. The Labute approximate surface area is 210 Å². The van der Waals surface area contributed by atoms with E-state index < -0.39 is 0 Å². The summed E-state index contributed by atoms with van der Waals surface area (Å²) in [6, 6.07) is 19.6. The Balaban J connectivity index is 1.43. The summed E-state index contributed by atoms with van der Waals surface area (Å²) in [5.41, 5.74) is 2.18. The molecule has 0 unspecified atom stereocenters. The number of aryl methyl sites for hydroxylation is 2. The second-order valence-electron chi connectivity index (χ2n) is 7.42. The number of nitrogens with one attached hydrogen (secondary N) is 1. The van der Waals surface area contributed by atoms with Gasteiger partial charge in [-0.05, 0) is 61.5 Å². The number of ether oxygens (including phenoxy) is 1. The number of carbonyl (C=O) groups is 1. The van der Waals surface area contributed by atoms with Crippen molar-refractivity contribution in [2.24, 2.45) is 5.16 Å². The van der Waals surface area contributed by atoms with Gasteiger partial charge in [0.05, 0.1) is 15.6 Å². The van der Waals surface area contributed by atoms with Crippen LogP contribution in [0.3, 0.4) is 0 Å². The quantitative estimate of drug-likeness (QED) is 0.114. The molecule has 0 aliphatic carbocycles. The second-order valence-corrected chi connectivity index (χ2v) is 9.13. The second kappa shape index (κ2) is 13.1. The van der Waals surface area contributed by atoms with Crippen LogP contribution in [-0.4, -0.2) is 30.0 Å². The van der Waals surface area contributed by atoms with Crippen molar-refractivity contribution >= 4 is 43.5 Å². The molecule has 33 heavy (non-hydrogen) atoms. The molecular formula is C25H26Br2N3O3+. The molecule has 0 radical (unpaired) electrons. The summed E-state index contributed by atoms with van der Waals surface area (Å²) in [4.78, 5) is 12.3. The highest BCUT2D eigenvalue weighted by molar-refractivity contribution is 9.11. The zero-order valence-corrected chi connectivity index (χ0v) is 21.3. The summed E-state index contributed by atoms with van der Waals surface area (Å²) in [6.45, 7) is 1.73. The summed E-state index contributed by atoms with van der Waals surface area (Å²) in [5, 5.41) is 15.1. The largest absolute Gasteiger partial charge is 0.491 e. The van der Waals surface area contributed by atoms with E-state index in [1.165, 1.54) is 5.56 Å². The van der Waals surface area contributed by atoms with Gasteiger partial charge < -0.3 is 15.3 Å². The maximum absolute atomic E-state index is 12.3. The van der Waals surface area contributed by atoms with Crippen LogP contribution in [0.25, 0.3) is 0 Å². The van der Waals surface area contributed by atoms with E-state index in [4.69, 9.17) is 4.74 Å². The molecule has 6 nitrogen and oxygen atoms in total. The third-order valence-electron chi connectivity index (χ3n) is 4.94. The monoisotopic (exact) mass is 574 g/mol. The summed E-state index contributed by atoms with van der Waals surface area (Å²) >= 11 is 7.20. The van der Waals surface area contributed by atoms with E-state index in [-0.39, 0.29) is 18.0 Å². The van der Waals surface area contributed by atoms with Gasteiger partial charge in [0.1, 0.15) is 11.5 Å². The van der Waals surface area contributed by atoms with Crippen LogP contribution in [0.2, 0.25) is 0 Å². The van der Waals surface area contributed by atoms with E-state index in [0.717, 1.165) is 33.2 Å². The molecule has 0 atom stereocenters. The van der Waals surface area contributed by atoms with Crippen molar-refractivity contribution in [2.75, 3.05) is 13.2 Å². The van der Waals surface area contributed by atoms with Crippen LogP contribution in [0.5, 0.6) is 5.75 Å². The van der Waals surface area contributed by atoms with Crippen molar-refractivity contribution < 1.29 is 19.3 Å². The smallest absolute Gasteiger partial charge is 0.269 e. The van der Waals surface area contributed by atoms with E-state index in [2.05, 4.69) is 71.4 Å². The minimum Gasteiger partial charge on any atom is -0.491 e. The molecule has 2 N–H and O–H groups in total. The summed E-state index contributed by atoms with van der Waals surface area (Å²) in [6.07, 6.45) is 5.89. The van der Waals surface area contributed by atoms with Crippen LogP contribution in [-0.2, 0) is 24.2 Å². The van der Waals surface area contributed by atoms with Crippen molar-refractivity contribution in [3.8, 4) is 5.75 Å². The highest BCUT2D eigenvalue weighted by atomic mass is 79.9. The van der Waals surface area contributed by atoms with Gasteiger partial charge in [0, 0.05) is 31.5 Å². The van der Waals surface area contributed by atoms with Gasteiger partial charge in [0.25, 0.3) is 5.91 Å². The molecule has 0 aliphatic heterocycles. The first-order valence-corrected chi connectivity index (χ1v) is 12.2. The molecule has 1 amide bonds. The number of carbonyl (C=O) groups excluding carboxylic acids is 1. The van der Waals surface area contributed by atoms with Crippen molar-refractivity contribution in [2.45, 2.75) is 25.8 Å². The van der Waals surface area contributed by atoms with Gasteiger partial charge >= 0.3 is 0 Å². The number of halogens is 2. The van der Waals surface area contributed by atoms with Crippen LogP contribution >= 0.6 is 31.9 Å². The average molecular weight is 576 g/mol. The Kier molecular flexibility index (Phi) is 9.90. The number of benzene rings is 2. The van der Waals surface area contributed by atoms with Gasteiger partial charge in [0.15, 0.2) is 18.9 Å². The fourth-order valence-electron chi connectivity index (χ4n) is 3.24. The SMILES string of the molecule is O=C(NCCCOc1c(Br)cc(CC[n+]2ccccc2)cc1Br)C(Cc1ccccc1)=NO. The molecule has 172 valence electrons. The molecule has 0 fully saturated rings. The van der Waals surface area contributed by atoms with E-state index >= 15 is 0 Å². The molecule has 1 heterocycles. The number of pyridine rings is 1. The topological polar surface area (TPSA) is 74.8 Å². The number of aromatic nitrogens is 1. The maximum Gasteiger partial charge on any atom is 0.269 e. The first-order chi connectivity index (χ1) is 16.1. The molecule has 0 bridgehead atoms. The molecule has 2 aromatic carbocycles. The van der Waals surface area contributed by atoms with Crippen LogP contribution in [0.1, 0.15) is 17.5 Å². The van der Waals surface area contributed by atoms with E-state index in [1.807, 2.05) is 48.5 Å². The van der Waals surface area contributed by atoms with Gasteiger partial charge in [-0.3, -0.25) is 4.79 Å². The molecular weight excluding hydrogens is 550 g/mol. The molecule has 1 aromatic heterocycles. The predicted molar refractivity (Wildman–Crippen MR) is 135 cm³/mol. The fourth-order valence-corrected chi connectivity index (χ4v) is 4.75. The Morgan fingerprint density at radius 1 is 1.00 bits per heavy atom. The molecule has 0 spiro atoms. The van der Waals surface area contributed by atoms with E-state index in [9.17, 15) is 10.0 Å². The zero-order chi connectivity index (χ0) is 23.5. The number of nitrogens with zero attached hydrogens (tertiary/aromatic N) is 2. The normalized spacial score (nSPS) is 11.3. The molecule has 0 saturated carbocycles. The zero-order valence-electron chi connectivity index (χ0n) is 18.1. The van der Waals surface area contributed by atoms with E-state index in [0.29, 0.717) is 19.6 Å². The molecule has 0 saturated heterocycles. The lowest BCUT2D eigenvalue weighted by Gasteiger charge is -2.12. The minimum absolute atomic E-state index is 0.0804. The third-order valence-corrected chi connectivity index (χ3v) is 6.12. The van der Waals surface area contributed by atoms with Crippen molar-refractivity contribution in [3.63, 3.8) is 0 Å². The Bertz CT molecular complexity index is 1050. The Morgan fingerprint density at radius 2 is 1.67 bits per heavy atom. The van der Waals surface area contributed by atoms with Gasteiger partial charge in [0.2, 0.25) is 0 Å². The summed E-state index contributed by atoms with van der Waals surface area (Å²) in [7, 11) is 0. The highest BCUT2D eigenvalue weighted by Crippen LogP contribution is 2.35. The predicted octanol–water partition coefficient (Wildman–Crippen LogP) is 4.70. The van der Waals surface area contributed by atoms with E-state index in [1.54, 1.807) is 0 Å². The van der Waals surface area contributed by atoms with Crippen molar-refractivity contribution in [1.29, 1.82) is 0 Å². The van der Waals surface area contributed by atoms with Crippen LogP contribution in [0.15, 0.2) is 87.2 Å². The number of hydrogen-bond donors (Lipinski definition) is 2. The fraction of sp³-hybridized carbons (Fsp3) is 0.240. The molecule has 3 aromatic rings. The number of amides is 1. The van der Waals surface area contributed by atoms with Crippen LogP contribution < -0.4 is 14.6 Å². The number of oxime groups is 1. The molecule has 3 rings (SSSR count). The molecule has 0 aliphatic rings. The van der Waals surface area contributed by atoms with Crippen LogP contribution in [0, 0.1) is 0 Å². The number of hydrogen-bond acceptors (Lipinski definition) is 4. The Morgan fingerprint density at radius 3 is 2.33 bits per heavy atom. The summed E-state index contributed by atoms with van der Waals surface area (Å²) < 4.78 is 9.83. The van der Waals surface area contributed by atoms with Gasteiger partial charge in [-0.1, -0.05) is 41.6 Å². The summed E-state index contributed by atoms with van der Waals surface area (Å²) in [5.74, 6) is 0.350. The van der Waals surface area contributed by atoms with Crippen molar-refractivity contribution in [3.05, 3.63) is 93.1 Å². The lowest BCUT2D eigenvalue weighted by Crippen LogP contribution is -2.33. The maximum atomic E-state index is 12.3. The van der Waals surface area contributed by atoms with Crippen molar-refractivity contribution in [1.82, 2.24) is 5.32 Å². The first-order valence-electron chi connectivity index (χ1n) is 10.6. The minimum atomic E-state index is -0.385. The van der Waals surface area contributed by atoms with Gasteiger partial charge in [-0.2, -0.15) is 0 Å². The Hall–Kier alpha value is -2.71.